The van der Waals surface area contributed by atoms with Gasteiger partial charge in [-0.15, -0.1) is 0 Å². The first kappa shape index (κ1) is 28.3. The van der Waals surface area contributed by atoms with Crippen molar-refractivity contribution in [1.29, 1.82) is 0 Å². The quantitative estimate of drug-likeness (QED) is 0.281. The Morgan fingerprint density at radius 2 is 1.87 bits per heavy atom. The van der Waals surface area contributed by atoms with Crippen molar-refractivity contribution in [3.05, 3.63) is 76.7 Å². The molecular formula is C24H24ClF3N8O2. The SMILES string of the molecule is CN(C)C(=O)c1ccc(Nc2ncc(-c3n[nH]c(C(F)(F)F)n3)c(N)n2)cc1Cl.OCCc1ccccc1. The van der Waals surface area contributed by atoms with E-state index in [2.05, 4.69) is 25.4 Å². The van der Waals surface area contributed by atoms with Crippen LogP contribution in [0.15, 0.2) is 54.7 Å². The van der Waals surface area contributed by atoms with Crippen LogP contribution in [-0.4, -0.2) is 61.8 Å². The largest absolute Gasteiger partial charge is 0.451 e. The second-order valence-electron chi connectivity index (χ2n) is 7.98. The number of H-pyrrole nitrogens is 1. The molecule has 4 aromatic rings. The van der Waals surface area contributed by atoms with Crippen molar-refractivity contribution in [1.82, 2.24) is 30.0 Å². The van der Waals surface area contributed by atoms with E-state index in [1.807, 2.05) is 30.3 Å². The van der Waals surface area contributed by atoms with Crippen molar-refractivity contribution in [2.45, 2.75) is 12.6 Å². The lowest BCUT2D eigenvalue weighted by atomic mass is 10.2. The molecule has 14 heteroatoms. The van der Waals surface area contributed by atoms with Crippen LogP contribution in [0.1, 0.15) is 21.7 Å². The van der Waals surface area contributed by atoms with E-state index in [0.29, 0.717) is 11.3 Å². The molecule has 0 fully saturated rings. The fourth-order valence-corrected chi connectivity index (χ4v) is 3.31. The Morgan fingerprint density at radius 1 is 1.16 bits per heavy atom. The maximum Gasteiger partial charge on any atom is 0.451 e. The minimum Gasteiger partial charge on any atom is -0.396 e. The van der Waals surface area contributed by atoms with E-state index in [9.17, 15) is 18.0 Å². The van der Waals surface area contributed by atoms with Crippen molar-refractivity contribution in [3.63, 3.8) is 0 Å². The Balaban J connectivity index is 0.000000375. The molecule has 4 rings (SSSR count). The second kappa shape index (κ2) is 12.3. The van der Waals surface area contributed by atoms with E-state index in [4.69, 9.17) is 22.4 Å². The number of nitrogens with two attached hydrogens (primary N) is 1. The van der Waals surface area contributed by atoms with E-state index in [0.717, 1.165) is 6.42 Å². The zero-order valence-electron chi connectivity index (χ0n) is 20.3. The molecule has 2 heterocycles. The number of hydrogen-bond donors (Lipinski definition) is 4. The minimum atomic E-state index is -4.66. The van der Waals surface area contributed by atoms with E-state index < -0.39 is 12.0 Å². The number of carbonyl (C=O) groups is 1. The zero-order chi connectivity index (χ0) is 27.9. The Kier molecular flexibility index (Phi) is 9.20. The number of aliphatic hydroxyl groups is 1. The number of benzene rings is 2. The molecule has 2 aromatic heterocycles. The number of alkyl halides is 3. The highest BCUT2D eigenvalue weighted by Gasteiger charge is 2.35. The summed E-state index contributed by atoms with van der Waals surface area (Å²) in [5.74, 6) is -1.84. The number of hydrogen-bond acceptors (Lipinski definition) is 8. The number of nitrogens with zero attached hydrogens (tertiary/aromatic N) is 5. The Labute approximate surface area is 220 Å². The Morgan fingerprint density at radius 3 is 2.42 bits per heavy atom. The van der Waals surface area contributed by atoms with Gasteiger partial charge in [-0.25, -0.2) is 9.97 Å². The molecule has 0 aliphatic rings. The van der Waals surface area contributed by atoms with Gasteiger partial charge >= 0.3 is 6.18 Å². The summed E-state index contributed by atoms with van der Waals surface area (Å²) in [7, 11) is 3.21. The average Bonchev–Trinajstić information content (AvgIpc) is 3.36. The van der Waals surface area contributed by atoms with E-state index in [1.165, 1.54) is 28.8 Å². The predicted octanol–water partition coefficient (Wildman–Crippen LogP) is 4.18. The van der Waals surface area contributed by atoms with Crippen LogP contribution in [0.4, 0.5) is 30.6 Å². The summed E-state index contributed by atoms with van der Waals surface area (Å²) in [4.78, 5) is 24.8. The van der Waals surface area contributed by atoms with E-state index in [1.54, 1.807) is 25.3 Å². The van der Waals surface area contributed by atoms with Crippen LogP contribution in [-0.2, 0) is 12.6 Å². The molecule has 200 valence electrons. The van der Waals surface area contributed by atoms with Crippen LogP contribution in [0.5, 0.6) is 0 Å². The number of aromatic nitrogens is 5. The predicted molar refractivity (Wildman–Crippen MR) is 137 cm³/mol. The summed E-state index contributed by atoms with van der Waals surface area (Å²) < 4.78 is 37.9. The van der Waals surface area contributed by atoms with Crippen LogP contribution < -0.4 is 11.1 Å². The number of rotatable bonds is 6. The van der Waals surface area contributed by atoms with Gasteiger partial charge in [-0.1, -0.05) is 41.9 Å². The van der Waals surface area contributed by atoms with Crippen LogP contribution in [0.25, 0.3) is 11.4 Å². The van der Waals surface area contributed by atoms with Gasteiger partial charge in [0.05, 0.1) is 16.1 Å². The van der Waals surface area contributed by atoms with Crippen molar-refractivity contribution in [2.24, 2.45) is 0 Å². The smallest absolute Gasteiger partial charge is 0.396 e. The van der Waals surface area contributed by atoms with Gasteiger partial charge in [-0.05, 0) is 30.2 Å². The van der Waals surface area contributed by atoms with Crippen LogP contribution >= 0.6 is 11.6 Å². The molecule has 10 nitrogen and oxygen atoms in total. The highest BCUT2D eigenvalue weighted by molar-refractivity contribution is 6.34. The van der Waals surface area contributed by atoms with Gasteiger partial charge in [0.25, 0.3) is 5.91 Å². The highest BCUT2D eigenvalue weighted by Crippen LogP contribution is 2.29. The third-order valence-corrected chi connectivity index (χ3v) is 5.23. The maximum atomic E-state index is 12.6. The molecule has 5 N–H and O–H groups in total. The lowest BCUT2D eigenvalue weighted by Gasteiger charge is -2.13. The van der Waals surface area contributed by atoms with Crippen molar-refractivity contribution >= 4 is 35.0 Å². The number of anilines is 3. The molecule has 1 amide bonds. The molecule has 0 radical (unpaired) electrons. The molecule has 0 spiro atoms. The lowest BCUT2D eigenvalue weighted by Crippen LogP contribution is -2.21. The Hall–Kier alpha value is -4.23. The first-order chi connectivity index (χ1) is 18.0. The van der Waals surface area contributed by atoms with Crippen LogP contribution in [0.3, 0.4) is 0 Å². The first-order valence-corrected chi connectivity index (χ1v) is 11.4. The molecule has 0 saturated heterocycles. The fraction of sp³-hybridized carbons (Fsp3) is 0.208. The van der Waals surface area contributed by atoms with Gasteiger partial charge in [0.1, 0.15) is 5.82 Å². The number of halogens is 4. The van der Waals surface area contributed by atoms with Crippen molar-refractivity contribution in [3.8, 4) is 11.4 Å². The third-order valence-electron chi connectivity index (χ3n) is 4.92. The normalized spacial score (nSPS) is 10.9. The van der Waals surface area contributed by atoms with Gasteiger partial charge < -0.3 is 21.1 Å². The van der Waals surface area contributed by atoms with Gasteiger partial charge in [-0.2, -0.15) is 23.3 Å². The van der Waals surface area contributed by atoms with Gasteiger partial charge in [0, 0.05) is 32.6 Å². The summed E-state index contributed by atoms with van der Waals surface area (Å²) in [5.41, 5.74) is 7.84. The Bertz CT molecular complexity index is 1380. The molecule has 2 aromatic carbocycles. The lowest BCUT2D eigenvalue weighted by molar-refractivity contribution is -0.144. The van der Waals surface area contributed by atoms with Gasteiger partial charge in [0.2, 0.25) is 11.8 Å². The van der Waals surface area contributed by atoms with Crippen LogP contribution in [0.2, 0.25) is 5.02 Å². The second-order valence-corrected chi connectivity index (χ2v) is 8.38. The monoisotopic (exact) mass is 548 g/mol. The van der Waals surface area contributed by atoms with Crippen LogP contribution in [0, 0.1) is 0 Å². The van der Waals surface area contributed by atoms with Gasteiger partial charge in [-0.3, -0.25) is 9.89 Å². The molecule has 0 unspecified atom stereocenters. The molecule has 0 saturated carbocycles. The summed E-state index contributed by atoms with van der Waals surface area (Å²) in [6, 6.07) is 14.6. The molecule has 0 atom stereocenters. The number of carbonyl (C=O) groups excluding carboxylic acids is 1. The summed E-state index contributed by atoms with van der Waals surface area (Å²) >= 11 is 6.15. The summed E-state index contributed by atoms with van der Waals surface area (Å²) in [6.45, 7) is 0.240. The molecule has 0 aliphatic carbocycles. The molecule has 0 aliphatic heterocycles. The fourth-order valence-electron chi connectivity index (χ4n) is 3.05. The standard InChI is InChI=1S/C16H14ClF3N8O.C8H10O/c1-28(2)13(29)8-4-3-7(5-10(8)17)23-15-22-6-9(11(21)24-15)12-25-14(27-26-12)16(18,19)20;9-7-6-8-4-2-1-3-5-8/h3-6H,1-2H3,(H,25,26,27)(H3,21,22,23,24);1-5,9H,6-7H2. The topological polar surface area (TPSA) is 146 Å². The van der Waals surface area contributed by atoms with Crippen molar-refractivity contribution < 1.29 is 23.1 Å². The van der Waals surface area contributed by atoms with E-state index >= 15 is 0 Å². The number of nitrogen functional groups attached to an aromatic ring is 1. The highest BCUT2D eigenvalue weighted by atomic mass is 35.5. The first-order valence-electron chi connectivity index (χ1n) is 11.0. The molecule has 0 bridgehead atoms. The summed E-state index contributed by atoms with van der Waals surface area (Å²) in [6.07, 6.45) is -2.71. The minimum absolute atomic E-state index is 0.0345. The summed E-state index contributed by atoms with van der Waals surface area (Å²) in [5, 5.41) is 16.9. The molecular weight excluding hydrogens is 525 g/mol. The third kappa shape index (κ3) is 7.40. The number of amides is 1. The van der Waals surface area contributed by atoms with Crippen molar-refractivity contribution in [2.75, 3.05) is 31.8 Å². The van der Waals surface area contributed by atoms with Gasteiger partial charge in [0.15, 0.2) is 5.82 Å². The maximum absolute atomic E-state index is 12.6. The average molecular weight is 549 g/mol. The zero-order valence-corrected chi connectivity index (χ0v) is 21.0. The number of aromatic amines is 1. The molecule has 38 heavy (non-hydrogen) atoms. The number of nitrogens with one attached hydrogen (secondary N) is 2. The van der Waals surface area contributed by atoms with E-state index in [-0.39, 0.29) is 40.7 Å². The number of aliphatic hydroxyl groups excluding tert-OH is 1.